The van der Waals surface area contributed by atoms with Crippen LogP contribution in [-0.2, 0) is 14.9 Å². The molecular weight excluding hydrogens is 468 g/mol. The third-order valence-electron chi connectivity index (χ3n) is 8.98. The van der Waals surface area contributed by atoms with Gasteiger partial charge in [0.15, 0.2) is 13.1 Å². The standard InChI is InChI=1S/C31H34O6/c1-18(35-2)36-17-37-28-12-24-7-8-27(32)29(22-3-5-23(6-4-22)30(33)34)25(24)13-26(28)31-14-19-9-20(15-31)11-21(10-19)16-31/h3-8,12-13,18-21,32H,9-11,14-17H2,1-2H3,(H,33,34). The number of carbonyl (C=O) groups is 1. The Morgan fingerprint density at radius 2 is 1.65 bits per heavy atom. The van der Waals surface area contributed by atoms with Crippen molar-refractivity contribution in [3.63, 3.8) is 0 Å². The Labute approximate surface area is 217 Å². The molecule has 4 aliphatic rings. The normalized spacial score (nSPS) is 26.9. The molecule has 1 unspecified atom stereocenters. The largest absolute Gasteiger partial charge is 0.507 e. The van der Waals surface area contributed by atoms with Crippen molar-refractivity contribution >= 4 is 16.7 Å². The van der Waals surface area contributed by atoms with Crippen molar-refractivity contribution in [2.45, 2.75) is 57.2 Å². The molecule has 3 aromatic carbocycles. The van der Waals surface area contributed by atoms with E-state index in [9.17, 15) is 15.0 Å². The molecule has 4 saturated carbocycles. The monoisotopic (exact) mass is 502 g/mol. The van der Waals surface area contributed by atoms with Crippen LogP contribution in [0.5, 0.6) is 11.5 Å². The highest BCUT2D eigenvalue weighted by atomic mass is 16.7. The van der Waals surface area contributed by atoms with E-state index in [1.54, 1.807) is 37.4 Å². The van der Waals surface area contributed by atoms with E-state index >= 15 is 0 Å². The summed E-state index contributed by atoms with van der Waals surface area (Å²) >= 11 is 0. The molecule has 7 rings (SSSR count). The highest BCUT2D eigenvalue weighted by Crippen LogP contribution is 2.62. The van der Waals surface area contributed by atoms with Gasteiger partial charge in [-0.2, -0.15) is 0 Å². The minimum Gasteiger partial charge on any atom is -0.507 e. The van der Waals surface area contributed by atoms with Gasteiger partial charge >= 0.3 is 5.97 Å². The van der Waals surface area contributed by atoms with E-state index in [1.165, 1.54) is 44.1 Å². The van der Waals surface area contributed by atoms with Crippen molar-refractivity contribution in [2.75, 3.05) is 13.9 Å². The van der Waals surface area contributed by atoms with E-state index in [4.69, 9.17) is 14.2 Å². The Morgan fingerprint density at radius 3 is 2.24 bits per heavy atom. The van der Waals surface area contributed by atoms with Crippen LogP contribution >= 0.6 is 0 Å². The van der Waals surface area contributed by atoms with Crippen LogP contribution in [0.15, 0.2) is 48.5 Å². The number of phenols is 1. The maximum Gasteiger partial charge on any atom is 0.335 e. The van der Waals surface area contributed by atoms with Gasteiger partial charge in [-0.25, -0.2) is 4.79 Å². The van der Waals surface area contributed by atoms with Gasteiger partial charge in [0.2, 0.25) is 0 Å². The molecule has 4 aliphatic carbocycles. The number of ether oxygens (including phenoxy) is 3. The molecule has 0 saturated heterocycles. The predicted molar refractivity (Wildman–Crippen MR) is 141 cm³/mol. The minimum atomic E-state index is -0.968. The van der Waals surface area contributed by atoms with Gasteiger partial charge in [0.1, 0.15) is 11.5 Å². The summed E-state index contributed by atoms with van der Waals surface area (Å²) in [7, 11) is 1.61. The summed E-state index contributed by atoms with van der Waals surface area (Å²) in [5.41, 5.74) is 3.01. The lowest BCUT2D eigenvalue weighted by Crippen LogP contribution is -2.48. The molecule has 1 atom stereocenters. The molecule has 3 aromatic rings. The van der Waals surface area contributed by atoms with E-state index in [2.05, 4.69) is 12.1 Å². The molecule has 37 heavy (non-hydrogen) atoms. The van der Waals surface area contributed by atoms with E-state index in [0.29, 0.717) is 0 Å². The third-order valence-corrected chi connectivity index (χ3v) is 8.98. The Bertz CT molecular complexity index is 1290. The summed E-state index contributed by atoms with van der Waals surface area (Å²) in [6.07, 6.45) is 7.21. The lowest BCUT2D eigenvalue weighted by molar-refractivity contribution is -0.150. The first-order valence-electron chi connectivity index (χ1n) is 13.3. The fourth-order valence-corrected chi connectivity index (χ4v) is 7.66. The second-order valence-electron chi connectivity index (χ2n) is 11.3. The van der Waals surface area contributed by atoms with Gasteiger partial charge in [-0.3, -0.25) is 0 Å². The highest BCUT2D eigenvalue weighted by Gasteiger charge is 2.52. The number of hydrogen-bond donors (Lipinski definition) is 2. The highest BCUT2D eigenvalue weighted by molar-refractivity contribution is 6.01. The number of carboxylic acid groups (broad SMARTS) is 1. The van der Waals surface area contributed by atoms with Gasteiger partial charge in [-0.05, 0) is 115 Å². The molecule has 0 amide bonds. The van der Waals surface area contributed by atoms with E-state index in [0.717, 1.165) is 45.4 Å². The number of carboxylic acids is 1. The van der Waals surface area contributed by atoms with Crippen molar-refractivity contribution < 1.29 is 29.2 Å². The molecule has 194 valence electrons. The van der Waals surface area contributed by atoms with Crippen LogP contribution in [0.1, 0.15) is 61.4 Å². The molecule has 0 spiro atoms. The smallest absolute Gasteiger partial charge is 0.335 e. The molecule has 6 heteroatoms. The number of aromatic carboxylic acids is 1. The molecule has 4 fully saturated rings. The summed E-state index contributed by atoms with van der Waals surface area (Å²) < 4.78 is 17.2. The van der Waals surface area contributed by atoms with Gasteiger partial charge in [0.05, 0.1) is 5.56 Å². The lowest BCUT2D eigenvalue weighted by atomic mass is 9.48. The van der Waals surface area contributed by atoms with Crippen molar-refractivity contribution in [3.8, 4) is 22.6 Å². The molecule has 0 aliphatic heterocycles. The summed E-state index contributed by atoms with van der Waals surface area (Å²) in [4.78, 5) is 11.4. The predicted octanol–water partition coefficient (Wildman–Crippen LogP) is 6.72. The first-order valence-corrected chi connectivity index (χ1v) is 13.3. The molecule has 4 bridgehead atoms. The SMILES string of the molecule is COC(C)OCOc1cc2ccc(O)c(-c3ccc(C(=O)O)cc3)c2cc1C12CC3CC(CC(C3)C1)C2. The number of phenolic OH excluding ortho intramolecular Hbond substituents is 1. The van der Waals surface area contributed by atoms with Gasteiger partial charge in [0.25, 0.3) is 0 Å². The Kier molecular flexibility index (Phi) is 6.12. The second kappa shape index (κ2) is 9.34. The van der Waals surface area contributed by atoms with Crippen LogP contribution in [0.25, 0.3) is 21.9 Å². The third kappa shape index (κ3) is 4.36. The van der Waals surface area contributed by atoms with Crippen molar-refractivity contribution in [1.29, 1.82) is 0 Å². The van der Waals surface area contributed by atoms with Crippen molar-refractivity contribution in [2.24, 2.45) is 17.8 Å². The number of benzene rings is 3. The zero-order valence-electron chi connectivity index (χ0n) is 21.4. The fraction of sp³-hybridized carbons (Fsp3) is 0.452. The molecule has 0 radical (unpaired) electrons. The lowest BCUT2D eigenvalue weighted by Gasteiger charge is -2.57. The van der Waals surface area contributed by atoms with Crippen LogP contribution in [0, 0.1) is 17.8 Å². The Balaban J connectivity index is 1.48. The van der Waals surface area contributed by atoms with Gasteiger partial charge in [-0.15, -0.1) is 0 Å². The Hall–Kier alpha value is -3.09. The number of methoxy groups -OCH3 is 1. The first kappa shape index (κ1) is 24.3. The number of hydrogen-bond acceptors (Lipinski definition) is 5. The number of fused-ring (bicyclic) bond motifs is 1. The molecule has 0 heterocycles. The van der Waals surface area contributed by atoms with E-state index in [1.807, 2.05) is 13.0 Å². The van der Waals surface area contributed by atoms with Crippen LogP contribution in [-0.4, -0.2) is 36.4 Å². The van der Waals surface area contributed by atoms with E-state index < -0.39 is 5.97 Å². The maximum absolute atomic E-state index is 11.4. The number of rotatable bonds is 8. The molecular formula is C31H34O6. The second-order valence-corrected chi connectivity index (χ2v) is 11.3. The average molecular weight is 503 g/mol. The average Bonchev–Trinajstić information content (AvgIpc) is 2.87. The maximum atomic E-state index is 11.4. The van der Waals surface area contributed by atoms with Crippen LogP contribution in [0.3, 0.4) is 0 Å². The van der Waals surface area contributed by atoms with Crippen LogP contribution < -0.4 is 4.74 Å². The van der Waals surface area contributed by atoms with Crippen LogP contribution in [0.4, 0.5) is 0 Å². The first-order chi connectivity index (χ1) is 17.8. The van der Waals surface area contributed by atoms with Gasteiger partial charge in [0, 0.05) is 18.2 Å². The topological polar surface area (TPSA) is 85.2 Å². The zero-order valence-corrected chi connectivity index (χ0v) is 21.4. The minimum absolute atomic E-state index is 0.0705. The van der Waals surface area contributed by atoms with E-state index in [-0.39, 0.29) is 29.8 Å². The Morgan fingerprint density at radius 1 is 1.00 bits per heavy atom. The molecule has 6 nitrogen and oxygen atoms in total. The quantitative estimate of drug-likeness (QED) is 0.333. The van der Waals surface area contributed by atoms with Crippen LogP contribution in [0.2, 0.25) is 0 Å². The van der Waals surface area contributed by atoms with Crippen molar-refractivity contribution in [1.82, 2.24) is 0 Å². The molecule has 0 aromatic heterocycles. The van der Waals surface area contributed by atoms with Gasteiger partial charge in [-0.1, -0.05) is 18.2 Å². The summed E-state index contributed by atoms with van der Waals surface area (Å²) in [6.45, 7) is 1.94. The van der Waals surface area contributed by atoms with Gasteiger partial charge < -0.3 is 24.4 Å². The van der Waals surface area contributed by atoms with Crippen molar-refractivity contribution in [3.05, 3.63) is 59.7 Å². The fourth-order valence-electron chi connectivity index (χ4n) is 7.66. The summed E-state index contributed by atoms with van der Waals surface area (Å²) in [5.74, 6) is 2.36. The summed E-state index contributed by atoms with van der Waals surface area (Å²) in [5, 5.41) is 22.2. The summed E-state index contributed by atoms with van der Waals surface area (Å²) in [6, 6.07) is 14.6. The number of aromatic hydroxyl groups is 1. The zero-order chi connectivity index (χ0) is 25.7. The molecule has 2 N–H and O–H groups in total.